The average molecular weight is 431 g/mol. The quantitative estimate of drug-likeness (QED) is 0.373. The third-order valence-electron chi connectivity index (χ3n) is 6.09. The lowest BCUT2D eigenvalue weighted by atomic mass is 9.96. The second-order valence-electron chi connectivity index (χ2n) is 8.83. The van der Waals surface area contributed by atoms with Crippen molar-refractivity contribution in [2.75, 3.05) is 10.6 Å². The summed E-state index contributed by atoms with van der Waals surface area (Å²) in [6, 6.07) is 12.9. The highest BCUT2D eigenvalue weighted by Crippen LogP contribution is 2.27. The fraction of sp³-hybridized carbons (Fsp3) is 0.400. The summed E-state index contributed by atoms with van der Waals surface area (Å²) < 4.78 is 7.88. The van der Waals surface area contributed by atoms with Gasteiger partial charge in [-0.3, -0.25) is 0 Å². The molecule has 0 aliphatic heterocycles. The monoisotopic (exact) mass is 430 g/mol. The number of rotatable bonds is 7. The summed E-state index contributed by atoms with van der Waals surface area (Å²) >= 11 is 0. The highest BCUT2D eigenvalue weighted by atomic mass is 16.3. The van der Waals surface area contributed by atoms with Crippen molar-refractivity contribution in [1.29, 1.82) is 0 Å². The van der Waals surface area contributed by atoms with Gasteiger partial charge in [0.05, 0.1) is 12.6 Å². The molecule has 0 bridgehead atoms. The lowest BCUT2D eigenvalue weighted by molar-refractivity contribution is 0.461. The summed E-state index contributed by atoms with van der Waals surface area (Å²) in [5, 5.41) is 7.04. The minimum atomic E-state index is 0.271. The Morgan fingerprint density at radius 2 is 1.91 bits per heavy atom. The number of benzene rings is 1. The number of imidazole rings is 1. The van der Waals surface area contributed by atoms with Crippen molar-refractivity contribution in [2.45, 2.75) is 64.6 Å². The Kier molecular flexibility index (Phi) is 5.79. The van der Waals surface area contributed by atoms with Crippen molar-refractivity contribution in [3.63, 3.8) is 0 Å². The molecule has 2 N–H and O–H groups in total. The van der Waals surface area contributed by atoms with Gasteiger partial charge in [0.15, 0.2) is 17.0 Å². The van der Waals surface area contributed by atoms with Gasteiger partial charge in [-0.25, -0.2) is 4.98 Å². The van der Waals surface area contributed by atoms with Gasteiger partial charge in [-0.15, -0.1) is 0 Å². The molecule has 32 heavy (non-hydrogen) atoms. The SMILES string of the molecule is CC(C)n1cnc2c(NCc3coc(-c4ccccc4)c3)nc(NC3CCCCC3)nc21. The molecule has 1 aromatic carbocycles. The second kappa shape index (κ2) is 9.02. The van der Waals surface area contributed by atoms with Gasteiger partial charge in [-0.1, -0.05) is 49.6 Å². The van der Waals surface area contributed by atoms with Gasteiger partial charge in [0.1, 0.15) is 5.76 Å². The second-order valence-corrected chi connectivity index (χ2v) is 8.83. The van der Waals surface area contributed by atoms with Crippen LogP contribution in [0.15, 0.2) is 53.4 Å². The van der Waals surface area contributed by atoms with Gasteiger partial charge in [0.25, 0.3) is 0 Å². The topological polar surface area (TPSA) is 80.8 Å². The summed E-state index contributed by atoms with van der Waals surface area (Å²) in [7, 11) is 0. The lowest BCUT2D eigenvalue weighted by Gasteiger charge is -2.23. The van der Waals surface area contributed by atoms with E-state index in [4.69, 9.17) is 14.4 Å². The van der Waals surface area contributed by atoms with Gasteiger partial charge >= 0.3 is 0 Å². The normalized spacial score (nSPS) is 14.8. The van der Waals surface area contributed by atoms with E-state index in [0.717, 1.165) is 33.9 Å². The van der Waals surface area contributed by atoms with E-state index in [-0.39, 0.29) is 6.04 Å². The van der Waals surface area contributed by atoms with Crippen LogP contribution < -0.4 is 10.6 Å². The summed E-state index contributed by atoms with van der Waals surface area (Å²) in [5.74, 6) is 2.28. The zero-order valence-electron chi connectivity index (χ0n) is 18.7. The third-order valence-corrected chi connectivity index (χ3v) is 6.09. The van der Waals surface area contributed by atoms with E-state index in [1.165, 1.54) is 32.1 Å². The van der Waals surface area contributed by atoms with E-state index in [1.807, 2.05) is 36.7 Å². The smallest absolute Gasteiger partial charge is 0.227 e. The van der Waals surface area contributed by atoms with Gasteiger partial charge < -0.3 is 19.6 Å². The molecule has 7 nitrogen and oxygen atoms in total. The van der Waals surface area contributed by atoms with Crippen LogP contribution in [0, 0.1) is 0 Å². The molecule has 1 fully saturated rings. The molecule has 4 aromatic rings. The molecule has 5 rings (SSSR count). The number of anilines is 2. The number of hydrogen-bond donors (Lipinski definition) is 2. The number of nitrogens with one attached hydrogen (secondary N) is 2. The number of hydrogen-bond acceptors (Lipinski definition) is 6. The molecule has 0 unspecified atom stereocenters. The summed E-state index contributed by atoms with van der Waals surface area (Å²) in [6.07, 6.45) is 9.83. The van der Waals surface area contributed by atoms with E-state index in [2.05, 4.69) is 40.1 Å². The van der Waals surface area contributed by atoms with Crippen LogP contribution in [0.2, 0.25) is 0 Å². The highest BCUT2D eigenvalue weighted by molar-refractivity contribution is 5.84. The van der Waals surface area contributed by atoms with Crippen LogP contribution in [0.5, 0.6) is 0 Å². The first kappa shape index (κ1) is 20.5. The van der Waals surface area contributed by atoms with Crippen molar-refractivity contribution in [1.82, 2.24) is 19.5 Å². The zero-order chi connectivity index (χ0) is 21.9. The van der Waals surface area contributed by atoms with Gasteiger partial charge in [-0.2, -0.15) is 9.97 Å². The molecule has 3 aromatic heterocycles. The van der Waals surface area contributed by atoms with Crippen molar-refractivity contribution in [3.05, 3.63) is 54.6 Å². The minimum Gasteiger partial charge on any atom is -0.464 e. The third kappa shape index (κ3) is 4.33. The molecule has 1 aliphatic rings. The summed E-state index contributed by atoms with van der Waals surface area (Å²) in [4.78, 5) is 14.3. The molecule has 1 aliphatic carbocycles. The maximum atomic E-state index is 5.78. The van der Waals surface area contributed by atoms with Crippen molar-refractivity contribution >= 4 is 22.9 Å². The standard InChI is InChI=1S/C25H30N6O/c1-17(2)31-16-27-22-23(29-25(30-24(22)31)28-20-11-7-4-8-12-20)26-14-18-13-21(32-15-18)19-9-5-3-6-10-19/h3,5-6,9-10,13,15-17,20H,4,7-8,11-12,14H2,1-2H3,(H2,26,28,29,30). The molecule has 0 atom stereocenters. The van der Waals surface area contributed by atoms with Crippen LogP contribution >= 0.6 is 0 Å². The molecule has 7 heteroatoms. The first-order valence-electron chi connectivity index (χ1n) is 11.5. The average Bonchev–Trinajstić information content (AvgIpc) is 3.46. The molecule has 0 saturated heterocycles. The zero-order valence-corrected chi connectivity index (χ0v) is 18.7. The van der Waals surface area contributed by atoms with Crippen molar-refractivity contribution < 1.29 is 4.42 Å². The van der Waals surface area contributed by atoms with Crippen LogP contribution in [-0.4, -0.2) is 25.6 Å². The van der Waals surface area contributed by atoms with E-state index < -0.39 is 0 Å². The molecule has 3 heterocycles. The number of nitrogens with zero attached hydrogens (tertiary/aromatic N) is 4. The Bertz CT molecular complexity index is 1170. The highest BCUT2D eigenvalue weighted by Gasteiger charge is 2.18. The Hall–Kier alpha value is -3.35. The van der Waals surface area contributed by atoms with Crippen LogP contribution in [0.25, 0.3) is 22.5 Å². The number of furan rings is 1. The minimum absolute atomic E-state index is 0.271. The Balaban J connectivity index is 1.40. The maximum absolute atomic E-state index is 5.78. The van der Waals surface area contributed by atoms with Crippen molar-refractivity contribution in [3.8, 4) is 11.3 Å². The molecular weight excluding hydrogens is 400 g/mol. The Labute approximate surface area is 188 Å². The van der Waals surface area contributed by atoms with Crippen LogP contribution in [0.1, 0.15) is 57.6 Å². The number of aromatic nitrogens is 4. The van der Waals surface area contributed by atoms with E-state index in [1.54, 1.807) is 6.26 Å². The molecule has 1 saturated carbocycles. The van der Waals surface area contributed by atoms with Crippen LogP contribution in [0.4, 0.5) is 11.8 Å². The van der Waals surface area contributed by atoms with E-state index in [9.17, 15) is 0 Å². The van der Waals surface area contributed by atoms with Crippen LogP contribution in [0.3, 0.4) is 0 Å². The molecule has 0 radical (unpaired) electrons. The first-order valence-corrected chi connectivity index (χ1v) is 11.5. The summed E-state index contributed by atoms with van der Waals surface area (Å²) in [6.45, 7) is 4.88. The van der Waals surface area contributed by atoms with Gasteiger partial charge in [-0.05, 0) is 32.8 Å². The van der Waals surface area contributed by atoms with Crippen molar-refractivity contribution in [2.24, 2.45) is 0 Å². The fourth-order valence-corrected chi connectivity index (χ4v) is 4.32. The Morgan fingerprint density at radius 3 is 2.69 bits per heavy atom. The molecular formula is C25H30N6O. The molecule has 0 amide bonds. The lowest BCUT2D eigenvalue weighted by Crippen LogP contribution is -2.24. The molecule has 0 spiro atoms. The van der Waals surface area contributed by atoms with Crippen LogP contribution in [-0.2, 0) is 6.54 Å². The predicted molar refractivity (Wildman–Crippen MR) is 128 cm³/mol. The molecule has 166 valence electrons. The largest absolute Gasteiger partial charge is 0.464 e. The first-order chi connectivity index (χ1) is 15.7. The van der Waals surface area contributed by atoms with E-state index in [0.29, 0.717) is 18.5 Å². The fourth-order valence-electron chi connectivity index (χ4n) is 4.32. The van der Waals surface area contributed by atoms with Gasteiger partial charge in [0, 0.05) is 29.8 Å². The van der Waals surface area contributed by atoms with E-state index >= 15 is 0 Å². The number of fused-ring (bicyclic) bond motifs is 1. The Morgan fingerprint density at radius 1 is 1.09 bits per heavy atom. The summed E-state index contributed by atoms with van der Waals surface area (Å²) in [5.41, 5.74) is 3.77. The van der Waals surface area contributed by atoms with Gasteiger partial charge in [0.2, 0.25) is 5.95 Å². The maximum Gasteiger partial charge on any atom is 0.227 e. The predicted octanol–water partition coefficient (Wildman–Crippen LogP) is 6.02.